The van der Waals surface area contributed by atoms with E-state index in [0.29, 0.717) is 38.3 Å². The number of fused-ring (bicyclic) bond motifs is 1. The molecule has 0 aliphatic carbocycles. The average Bonchev–Trinajstić information content (AvgIpc) is 3.07. The van der Waals surface area contributed by atoms with Gasteiger partial charge in [0.1, 0.15) is 5.52 Å². The second kappa shape index (κ2) is 7.06. The molecule has 0 saturated heterocycles. The van der Waals surface area contributed by atoms with Gasteiger partial charge in [0, 0.05) is 16.8 Å². The highest BCUT2D eigenvalue weighted by Gasteiger charge is 2.12. The molecule has 134 valence electrons. The number of anilines is 1. The van der Waals surface area contributed by atoms with Gasteiger partial charge in [0.15, 0.2) is 5.58 Å². The zero-order chi connectivity index (χ0) is 19.0. The van der Waals surface area contributed by atoms with Crippen molar-refractivity contribution in [3.05, 3.63) is 81.8 Å². The van der Waals surface area contributed by atoms with Crippen LogP contribution in [0.25, 0.3) is 22.6 Å². The Bertz CT molecular complexity index is 1150. The Hall–Kier alpha value is -2.82. The summed E-state index contributed by atoms with van der Waals surface area (Å²) in [6, 6.07) is 18.0. The van der Waals surface area contributed by atoms with E-state index in [-0.39, 0.29) is 5.91 Å². The van der Waals surface area contributed by atoms with Gasteiger partial charge in [-0.05, 0) is 55.5 Å². The minimum atomic E-state index is -0.282. The number of oxazole rings is 1. The Balaban J connectivity index is 1.60. The van der Waals surface area contributed by atoms with Gasteiger partial charge in [-0.15, -0.1) is 0 Å². The molecule has 0 atom stereocenters. The normalized spacial score (nSPS) is 10.9. The largest absolute Gasteiger partial charge is 0.436 e. The van der Waals surface area contributed by atoms with Gasteiger partial charge in [-0.25, -0.2) is 4.98 Å². The standard InChI is InChI=1S/C21H14Cl2N2O2/c1-12-2-4-13(5-3-12)21-25-18-11-15(7-9-19(18)27-21)24-20(26)14-6-8-16(22)17(23)10-14/h2-11H,1H3,(H,24,26). The first-order chi connectivity index (χ1) is 13.0. The molecule has 4 rings (SSSR count). The van der Waals surface area contributed by atoms with Crippen molar-refractivity contribution in [3.8, 4) is 11.5 Å². The van der Waals surface area contributed by atoms with Crippen LogP contribution in [0.5, 0.6) is 0 Å². The number of nitrogens with one attached hydrogen (secondary N) is 1. The minimum absolute atomic E-state index is 0.282. The summed E-state index contributed by atoms with van der Waals surface area (Å²) in [4.78, 5) is 16.9. The van der Waals surface area contributed by atoms with E-state index in [4.69, 9.17) is 27.6 Å². The van der Waals surface area contributed by atoms with Crippen LogP contribution < -0.4 is 5.32 Å². The highest BCUT2D eigenvalue weighted by molar-refractivity contribution is 6.42. The monoisotopic (exact) mass is 396 g/mol. The summed E-state index contributed by atoms with van der Waals surface area (Å²) in [5, 5.41) is 3.57. The fourth-order valence-corrected chi connectivity index (χ4v) is 2.96. The van der Waals surface area contributed by atoms with E-state index in [0.717, 1.165) is 5.56 Å². The third-order valence-electron chi connectivity index (χ3n) is 4.13. The Labute approximate surface area is 165 Å². The number of carbonyl (C=O) groups excluding carboxylic acids is 1. The highest BCUT2D eigenvalue weighted by atomic mass is 35.5. The van der Waals surface area contributed by atoms with Crippen LogP contribution in [-0.2, 0) is 0 Å². The molecule has 0 aliphatic rings. The summed E-state index contributed by atoms with van der Waals surface area (Å²) in [5.74, 6) is 0.258. The SMILES string of the molecule is Cc1ccc(-c2nc3cc(NC(=O)c4ccc(Cl)c(Cl)c4)ccc3o2)cc1. The van der Waals surface area contributed by atoms with Crippen LogP contribution in [0.4, 0.5) is 5.69 Å². The molecule has 1 heterocycles. The molecular weight excluding hydrogens is 383 g/mol. The predicted molar refractivity (Wildman–Crippen MR) is 109 cm³/mol. The van der Waals surface area contributed by atoms with Gasteiger partial charge < -0.3 is 9.73 Å². The summed E-state index contributed by atoms with van der Waals surface area (Å²) in [6.45, 7) is 2.03. The van der Waals surface area contributed by atoms with E-state index in [1.807, 2.05) is 31.2 Å². The van der Waals surface area contributed by atoms with Crippen molar-refractivity contribution in [1.29, 1.82) is 0 Å². The minimum Gasteiger partial charge on any atom is -0.436 e. The lowest BCUT2D eigenvalue weighted by Crippen LogP contribution is -2.11. The number of halogens is 2. The van der Waals surface area contributed by atoms with Gasteiger partial charge in [-0.3, -0.25) is 4.79 Å². The van der Waals surface area contributed by atoms with Crippen molar-refractivity contribution in [2.24, 2.45) is 0 Å². The molecule has 0 bridgehead atoms. The third-order valence-corrected chi connectivity index (χ3v) is 4.86. The molecule has 0 saturated carbocycles. The van der Waals surface area contributed by atoms with Crippen LogP contribution in [0.1, 0.15) is 15.9 Å². The molecule has 4 aromatic rings. The van der Waals surface area contributed by atoms with Crippen molar-refractivity contribution < 1.29 is 9.21 Å². The lowest BCUT2D eigenvalue weighted by molar-refractivity contribution is 0.102. The molecule has 0 spiro atoms. The number of carbonyl (C=O) groups is 1. The van der Waals surface area contributed by atoms with Crippen LogP contribution in [0.15, 0.2) is 65.1 Å². The van der Waals surface area contributed by atoms with Gasteiger partial charge in [0.25, 0.3) is 5.91 Å². The van der Waals surface area contributed by atoms with E-state index in [9.17, 15) is 4.79 Å². The van der Waals surface area contributed by atoms with Crippen molar-refractivity contribution in [2.75, 3.05) is 5.32 Å². The van der Waals surface area contributed by atoms with Gasteiger partial charge in [0.2, 0.25) is 5.89 Å². The predicted octanol–water partition coefficient (Wildman–Crippen LogP) is 6.36. The Kier molecular flexibility index (Phi) is 4.60. The van der Waals surface area contributed by atoms with Crippen molar-refractivity contribution >= 4 is 45.9 Å². The molecule has 0 aliphatic heterocycles. The van der Waals surface area contributed by atoms with Crippen LogP contribution in [0.3, 0.4) is 0 Å². The quantitative estimate of drug-likeness (QED) is 0.438. The average molecular weight is 397 g/mol. The fraction of sp³-hybridized carbons (Fsp3) is 0.0476. The molecule has 3 aromatic carbocycles. The smallest absolute Gasteiger partial charge is 0.255 e. The second-order valence-electron chi connectivity index (χ2n) is 6.15. The maximum atomic E-state index is 12.4. The van der Waals surface area contributed by atoms with Crippen LogP contribution >= 0.6 is 23.2 Å². The lowest BCUT2D eigenvalue weighted by atomic mass is 10.1. The summed E-state index contributed by atoms with van der Waals surface area (Å²) >= 11 is 11.9. The second-order valence-corrected chi connectivity index (χ2v) is 6.96. The number of hydrogen-bond acceptors (Lipinski definition) is 3. The maximum absolute atomic E-state index is 12.4. The summed E-state index contributed by atoms with van der Waals surface area (Å²) in [7, 11) is 0. The number of benzene rings is 3. The van der Waals surface area contributed by atoms with E-state index >= 15 is 0 Å². The van der Waals surface area contributed by atoms with Crippen LogP contribution in [0, 0.1) is 6.92 Å². The molecular formula is C21H14Cl2N2O2. The molecule has 0 fully saturated rings. The highest BCUT2D eigenvalue weighted by Crippen LogP contribution is 2.27. The van der Waals surface area contributed by atoms with Crippen LogP contribution in [0.2, 0.25) is 10.0 Å². The molecule has 4 nitrogen and oxygen atoms in total. The number of aromatic nitrogens is 1. The summed E-state index contributed by atoms with van der Waals surface area (Å²) < 4.78 is 5.81. The topological polar surface area (TPSA) is 55.1 Å². The van der Waals surface area contributed by atoms with Gasteiger partial charge in [0.05, 0.1) is 10.0 Å². The number of nitrogens with zero attached hydrogens (tertiary/aromatic N) is 1. The van der Waals surface area contributed by atoms with Crippen molar-refractivity contribution in [1.82, 2.24) is 4.98 Å². The molecule has 0 unspecified atom stereocenters. The molecule has 1 amide bonds. The molecule has 1 N–H and O–H groups in total. The van der Waals surface area contributed by atoms with Crippen LogP contribution in [-0.4, -0.2) is 10.9 Å². The number of rotatable bonds is 3. The summed E-state index contributed by atoms with van der Waals surface area (Å²) in [5.41, 5.74) is 4.42. The van der Waals surface area contributed by atoms with Crippen molar-refractivity contribution in [2.45, 2.75) is 6.92 Å². The molecule has 0 radical (unpaired) electrons. The number of hydrogen-bond donors (Lipinski definition) is 1. The van der Waals surface area contributed by atoms with Gasteiger partial charge in [-0.2, -0.15) is 0 Å². The summed E-state index contributed by atoms with van der Waals surface area (Å²) in [6.07, 6.45) is 0. The zero-order valence-corrected chi connectivity index (χ0v) is 15.8. The molecule has 27 heavy (non-hydrogen) atoms. The first kappa shape index (κ1) is 17.6. The lowest BCUT2D eigenvalue weighted by Gasteiger charge is -2.06. The first-order valence-corrected chi connectivity index (χ1v) is 8.99. The molecule has 1 aromatic heterocycles. The van der Waals surface area contributed by atoms with Gasteiger partial charge >= 0.3 is 0 Å². The first-order valence-electron chi connectivity index (χ1n) is 8.23. The molecule has 6 heteroatoms. The fourth-order valence-electron chi connectivity index (χ4n) is 2.67. The Morgan fingerprint density at radius 1 is 0.963 bits per heavy atom. The van der Waals surface area contributed by atoms with E-state index in [1.165, 1.54) is 11.6 Å². The van der Waals surface area contributed by atoms with E-state index in [1.54, 1.807) is 30.3 Å². The number of aryl methyl sites for hydroxylation is 1. The zero-order valence-electron chi connectivity index (χ0n) is 14.3. The third kappa shape index (κ3) is 3.68. The Morgan fingerprint density at radius 2 is 1.74 bits per heavy atom. The van der Waals surface area contributed by atoms with Gasteiger partial charge in [-0.1, -0.05) is 40.9 Å². The maximum Gasteiger partial charge on any atom is 0.255 e. The number of amides is 1. The Morgan fingerprint density at radius 3 is 2.48 bits per heavy atom. The van der Waals surface area contributed by atoms with E-state index < -0.39 is 0 Å². The van der Waals surface area contributed by atoms with E-state index in [2.05, 4.69) is 10.3 Å². The van der Waals surface area contributed by atoms with Crippen molar-refractivity contribution in [3.63, 3.8) is 0 Å².